The standard InChI is InChI=1S/C25H27NO9S/c1-31-21-9-8-17(13-20(21)28)36(29,30)26-18-14-22(32-2)19(27)12-16(18)7-6-15-10-23(33-3)25(35-5)24(11-15)34-4/h6-14,26-28H,1-5H3/b7-6-. The van der Waals surface area contributed by atoms with Crippen LogP contribution in [0.1, 0.15) is 11.1 Å². The van der Waals surface area contributed by atoms with E-state index in [4.69, 9.17) is 23.7 Å². The Morgan fingerprint density at radius 3 is 1.81 bits per heavy atom. The first-order valence-corrected chi connectivity index (χ1v) is 11.9. The molecule has 0 atom stereocenters. The second kappa shape index (κ2) is 11.0. The molecule has 0 radical (unpaired) electrons. The SMILES string of the molecule is COc1ccc(S(=O)(=O)Nc2cc(OC)c(O)cc2/C=C\c2cc(OC)c(OC)c(OC)c2)cc1O. The Bertz CT molecular complexity index is 1360. The van der Waals surface area contributed by atoms with Crippen LogP contribution in [-0.4, -0.2) is 54.2 Å². The van der Waals surface area contributed by atoms with Crippen LogP contribution in [0.5, 0.6) is 40.2 Å². The Labute approximate surface area is 209 Å². The van der Waals surface area contributed by atoms with Crippen LogP contribution in [0.25, 0.3) is 12.2 Å². The van der Waals surface area contributed by atoms with Gasteiger partial charge in [0.1, 0.15) is 0 Å². The van der Waals surface area contributed by atoms with Gasteiger partial charge in [-0.25, -0.2) is 8.42 Å². The van der Waals surface area contributed by atoms with Crippen molar-refractivity contribution in [1.82, 2.24) is 0 Å². The minimum atomic E-state index is -4.13. The van der Waals surface area contributed by atoms with Crippen molar-refractivity contribution in [2.24, 2.45) is 0 Å². The van der Waals surface area contributed by atoms with E-state index in [9.17, 15) is 18.6 Å². The van der Waals surface area contributed by atoms with Gasteiger partial charge in [-0.05, 0) is 35.9 Å². The summed E-state index contributed by atoms with van der Waals surface area (Å²) in [6.07, 6.45) is 3.28. The molecule has 0 heterocycles. The summed E-state index contributed by atoms with van der Waals surface area (Å²) in [5, 5.41) is 20.3. The molecule has 0 aliphatic carbocycles. The number of nitrogens with one attached hydrogen (secondary N) is 1. The molecular formula is C25H27NO9S. The molecule has 0 fully saturated rings. The highest BCUT2D eigenvalue weighted by atomic mass is 32.2. The largest absolute Gasteiger partial charge is 0.504 e. The summed E-state index contributed by atoms with van der Waals surface area (Å²) in [4.78, 5) is -0.188. The number of hydrogen-bond acceptors (Lipinski definition) is 9. The zero-order valence-corrected chi connectivity index (χ0v) is 21.2. The highest BCUT2D eigenvalue weighted by Gasteiger charge is 2.20. The van der Waals surface area contributed by atoms with Crippen LogP contribution >= 0.6 is 0 Å². The molecule has 0 aliphatic heterocycles. The Hall–Kier alpha value is -4.25. The van der Waals surface area contributed by atoms with Crippen molar-refractivity contribution in [3.8, 4) is 40.2 Å². The van der Waals surface area contributed by atoms with Crippen molar-refractivity contribution in [3.05, 3.63) is 53.6 Å². The van der Waals surface area contributed by atoms with Gasteiger partial charge in [-0.1, -0.05) is 12.2 Å². The summed E-state index contributed by atoms with van der Waals surface area (Å²) in [7, 11) is 3.07. The van der Waals surface area contributed by atoms with Gasteiger partial charge in [-0.2, -0.15) is 0 Å². The Morgan fingerprint density at radius 1 is 0.694 bits per heavy atom. The number of sulfonamides is 1. The first kappa shape index (κ1) is 26.4. The summed E-state index contributed by atoms with van der Waals surface area (Å²) in [6, 6.07) is 9.85. The fraction of sp³-hybridized carbons (Fsp3) is 0.200. The zero-order valence-electron chi connectivity index (χ0n) is 20.4. The third-order valence-corrected chi connectivity index (χ3v) is 6.56. The molecule has 36 heavy (non-hydrogen) atoms. The highest BCUT2D eigenvalue weighted by molar-refractivity contribution is 7.92. The van der Waals surface area contributed by atoms with Crippen LogP contribution < -0.4 is 28.4 Å². The van der Waals surface area contributed by atoms with E-state index < -0.39 is 10.0 Å². The third-order valence-electron chi connectivity index (χ3n) is 5.20. The average Bonchev–Trinajstić information content (AvgIpc) is 2.87. The van der Waals surface area contributed by atoms with Gasteiger partial charge in [-0.3, -0.25) is 4.72 Å². The van der Waals surface area contributed by atoms with Crippen LogP contribution in [0, 0.1) is 0 Å². The van der Waals surface area contributed by atoms with E-state index in [0.717, 1.165) is 6.07 Å². The van der Waals surface area contributed by atoms with Crippen LogP contribution in [0.2, 0.25) is 0 Å². The second-order valence-electron chi connectivity index (χ2n) is 7.34. The molecule has 192 valence electrons. The Balaban J connectivity index is 2.05. The molecule has 0 saturated heterocycles. The van der Waals surface area contributed by atoms with Gasteiger partial charge in [0.25, 0.3) is 10.0 Å². The fourth-order valence-electron chi connectivity index (χ4n) is 3.40. The molecule has 3 N–H and O–H groups in total. The molecule has 0 spiro atoms. The number of hydrogen-bond donors (Lipinski definition) is 3. The summed E-state index contributed by atoms with van der Waals surface area (Å²) >= 11 is 0. The van der Waals surface area contributed by atoms with Crippen molar-refractivity contribution < 1.29 is 42.3 Å². The van der Waals surface area contributed by atoms with Crippen molar-refractivity contribution in [1.29, 1.82) is 0 Å². The monoisotopic (exact) mass is 517 g/mol. The first-order valence-electron chi connectivity index (χ1n) is 10.5. The zero-order chi connectivity index (χ0) is 26.5. The molecular weight excluding hydrogens is 490 g/mol. The molecule has 0 amide bonds. The van der Waals surface area contributed by atoms with Gasteiger partial charge >= 0.3 is 0 Å². The van der Waals surface area contributed by atoms with Gasteiger partial charge in [0.2, 0.25) is 5.75 Å². The molecule has 0 aliphatic rings. The lowest BCUT2D eigenvalue weighted by atomic mass is 10.1. The number of anilines is 1. The molecule has 11 heteroatoms. The van der Waals surface area contributed by atoms with Gasteiger partial charge in [-0.15, -0.1) is 0 Å². The molecule has 3 aromatic rings. The van der Waals surface area contributed by atoms with Crippen LogP contribution in [-0.2, 0) is 10.0 Å². The summed E-state index contributed by atoms with van der Waals surface area (Å²) < 4.78 is 54.8. The van der Waals surface area contributed by atoms with Gasteiger partial charge in [0, 0.05) is 17.7 Å². The summed E-state index contributed by atoms with van der Waals surface area (Å²) in [5.74, 6) is 0.988. The lowest BCUT2D eigenvalue weighted by Crippen LogP contribution is -2.14. The average molecular weight is 518 g/mol. The first-order chi connectivity index (χ1) is 17.2. The fourth-order valence-corrected chi connectivity index (χ4v) is 4.50. The Morgan fingerprint density at radius 2 is 1.28 bits per heavy atom. The predicted octanol–water partition coefficient (Wildman–Crippen LogP) is 4.11. The number of methoxy groups -OCH3 is 5. The van der Waals surface area contributed by atoms with E-state index in [-0.39, 0.29) is 33.6 Å². The van der Waals surface area contributed by atoms with E-state index in [1.54, 1.807) is 24.3 Å². The lowest BCUT2D eigenvalue weighted by Gasteiger charge is -2.15. The van der Waals surface area contributed by atoms with E-state index in [1.165, 1.54) is 59.8 Å². The van der Waals surface area contributed by atoms with Crippen molar-refractivity contribution in [3.63, 3.8) is 0 Å². The van der Waals surface area contributed by atoms with E-state index in [2.05, 4.69) is 4.72 Å². The third kappa shape index (κ3) is 5.52. The van der Waals surface area contributed by atoms with E-state index in [0.29, 0.717) is 28.4 Å². The quantitative estimate of drug-likeness (QED) is 0.268. The number of phenols is 2. The maximum Gasteiger partial charge on any atom is 0.262 e. The molecule has 0 unspecified atom stereocenters. The number of benzene rings is 3. The second-order valence-corrected chi connectivity index (χ2v) is 9.02. The summed E-state index contributed by atoms with van der Waals surface area (Å²) in [6.45, 7) is 0. The van der Waals surface area contributed by atoms with Crippen molar-refractivity contribution in [2.75, 3.05) is 40.3 Å². The minimum Gasteiger partial charge on any atom is -0.504 e. The molecule has 3 rings (SSSR count). The molecule has 10 nitrogen and oxygen atoms in total. The smallest absolute Gasteiger partial charge is 0.262 e. The van der Waals surface area contributed by atoms with Crippen LogP contribution in [0.4, 0.5) is 5.69 Å². The molecule has 3 aromatic carbocycles. The van der Waals surface area contributed by atoms with E-state index in [1.807, 2.05) is 0 Å². The molecule has 0 saturated carbocycles. The van der Waals surface area contributed by atoms with Crippen LogP contribution in [0.3, 0.4) is 0 Å². The molecule has 0 aromatic heterocycles. The number of rotatable bonds is 10. The number of phenolic OH excluding ortho intramolecular Hbond substituents is 2. The van der Waals surface area contributed by atoms with Gasteiger partial charge in [0.05, 0.1) is 46.1 Å². The maximum atomic E-state index is 13.1. The lowest BCUT2D eigenvalue weighted by molar-refractivity contribution is 0.324. The van der Waals surface area contributed by atoms with E-state index >= 15 is 0 Å². The van der Waals surface area contributed by atoms with Crippen LogP contribution in [0.15, 0.2) is 47.4 Å². The Kier molecular flexibility index (Phi) is 8.05. The predicted molar refractivity (Wildman–Crippen MR) is 135 cm³/mol. The summed E-state index contributed by atoms with van der Waals surface area (Å²) in [5.41, 5.74) is 1.13. The van der Waals surface area contributed by atoms with Gasteiger partial charge in [0.15, 0.2) is 34.5 Å². The normalized spacial score (nSPS) is 11.2. The van der Waals surface area contributed by atoms with Crippen molar-refractivity contribution in [2.45, 2.75) is 4.90 Å². The minimum absolute atomic E-state index is 0.0650. The molecule has 0 bridgehead atoms. The maximum absolute atomic E-state index is 13.1. The number of ether oxygens (including phenoxy) is 5. The highest BCUT2D eigenvalue weighted by Crippen LogP contribution is 2.39. The van der Waals surface area contributed by atoms with Gasteiger partial charge < -0.3 is 33.9 Å². The number of aromatic hydroxyl groups is 2. The van der Waals surface area contributed by atoms with Crippen molar-refractivity contribution >= 4 is 27.9 Å². The topological polar surface area (TPSA) is 133 Å².